The number of aliphatic imine (C=N–C) groups is 3. The van der Waals surface area contributed by atoms with Crippen LogP contribution < -0.4 is 10.1 Å². The van der Waals surface area contributed by atoms with E-state index in [0.29, 0.717) is 17.9 Å². The van der Waals surface area contributed by atoms with E-state index in [9.17, 15) is 9.59 Å². The van der Waals surface area contributed by atoms with Crippen molar-refractivity contribution in [2.24, 2.45) is 15.0 Å². The molecule has 2 aliphatic rings. The first-order valence-electron chi connectivity index (χ1n) is 7.03. The van der Waals surface area contributed by atoms with Crippen LogP contribution in [0, 0.1) is 0 Å². The van der Waals surface area contributed by atoms with E-state index in [1.54, 1.807) is 12.1 Å². The minimum absolute atomic E-state index is 0.0434. The Balaban J connectivity index is 1.92. The average molecular weight is 298 g/mol. The van der Waals surface area contributed by atoms with Gasteiger partial charge in [-0.25, -0.2) is 9.79 Å². The number of benzene rings is 1. The smallest absolute Gasteiger partial charge is 0.347 e. The van der Waals surface area contributed by atoms with Crippen LogP contribution in [0.25, 0.3) is 0 Å². The lowest BCUT2D eigenvalue weighted by Gasteiger charge is -2.13. The highest BCUT2D eigenvalue weighted by atomic mass is 16.5. The molecule has 0 spiro atoms. The van der Waals surface area contributed by atoms with Gasteiger partial charge < -0.3 is 4.74 Å². The maximum atomic E-state index is 11.9. The summed E-state index contributed by atoms with van der Waals surface area (Å²) < 4.78 is 5.72. The molecule has 0 saturated heterocycles. The molecule has 0 saturated carbocycles. The quantitative estimate of drug-likeness (QED) is 0.839. The Morgan fingerprint density at radius 3 is 2.77 bits per heavy atom. The number of hydrogen-bond donors (Lipinski definition) is 1. The van der Waals surface area contributed by atoms with Gasteiger partial charge in [0.2, 0.25) is 0 Å². The van der Waals surface area contributed by atoms with Crippen LogP contribution in [-0.2, 0) is 4.79 Å². The minimum atomic E-state index is -0.606. The second kappa shape index (κ2) is 5.88. The Morgan fingerprint density at radius 1 is 1.14 bits per heavy atom. The Labute approximate surface area is 126 Å². The van der Waals surface area contributed by atoms with Crippen molar-refractivity contribution in [3.8, 4) is 5.75 Å². The molecule has 0 bridgehead atoms. The molecule has 0 unspecified atom stereocenters. The molecule has 2 aliphatic heterocycles. The standard InChI is InChI=1S/C15H14N4O3/c1-2-3-8-22-10-7-5-4-6-9(10)12-17-13-11(14(20)18-12)16-15(21)19-13/h4-7H,2-3,8H2,1H3,(H,17,18,19,20,21). The highest BCUT2D eigenvalue weighted by Gasteiger charge is 2.32. The first kappa shape index (κ1) is 14.1. The van der Waals surface area contributed by atoms with E-state index >= 15 is 0 Å². The summed E-state index contributed by atoms with van der Waals surface area (Å²) >= 11 is 0. The molecule has 0 radical (unpaired) electrons. The Bertz CT molecular complexity index is 734. The number of carbonyl (C=O) groups excluding carboxylic acids is 2. The molecule has 3 rings (SSSR count). The van der Waals surface area contributed by atoms with Crippen LogP contribution in [0.5, 0.6) is 5.75 Å². The number of carbonyl (C=O) groups is 2. The van der Waals surface area contributed by atoms with Crippen LogP contribution in [0.4, 0.5) is 4.79 Å². The molecule has 1 N–H and O–H groups in total. The number of hydrogen-bond acceptors (Lipinski definition) is 4. The summed E-state index contributed by atoms with van der Waals surface area (Å²) in [6, 6.07) is 6.62. The minimum Gasteiger partial charge on any atom is -0.493 e. The zero-order valence-electron chi connectivity index (χ0n) is 12.0. The number of rotatable bonds is 5. The van der Waals surface area contributed by atoms with Crippen molar-refractivity contribution >= 4 is 29.3 Å². The van der Waals surface area contributed by atoms with Gasteiger partial charge in [-0.05, 0) is 18.6 Å². The molecule has 2 heterocycles. The molecule has 112 valence electrons. The fourth-order valence-corrected chi connectivity index (χ4v) is 2.08. The fourth-order valence-electron chi connectivity index (χ4n) is 2.08. The molecule has 7 nitrogen and oxygen atoms in total. The predicted octanol–water partition coefficient (Wildman–Crippen LogP) is 1.71. The van der Waals surface area contributed by atoms with E-state index in [1.807, 2.05) is 12.1 Å². The fraction of sp³-hybridized carbons (Fsp3) is 0.267. The molecular weight excluding hydrogens is 284 g/mol. The van der Waals surface area contributed by atoms with Gasteiger partial charge in [0.05, 0.1) is 12.2 Å². The van der Waals surface area contributed by atoms with Gasteiger partial charge >= 0.3 is 11.9 Å². The number of ether oxygens (including phenoxy) is 1. The second-order valence-electron chi connectivity index (χ2n) is 4.79. The van der Waals surface area contributed by atoms with Crippen LogP contribution >= 0.6 is 0 Å². The zero-order valence-corrected chi connectivity index (χ0v) is 12.0. The van der Waals surface area contributed by atoms with Crippen LogP contribution in [0.15, 0.2) is 39.2 Å². The molecule has 0 aromatic heterocycles. The van der Waals surface area contributed by atoms with E-state index in [-0.39, 0.29) is 17.4 Å². The third kappa shape index (κ3) is 2.65. The van der Waals surface area contributed by atoms with E-state index < -0.39 is 11.9 Å². The van der Waals surface area contributed by atoms with Gasteiger partial charge in [0, 0.05) is 0 Å². The average Bonchev–Trinajstić information content (AvgIpc) is 2.89. The van der Waals surface area contributed by atoms with Crippen LogP contribution in [0.1, 0.15) is 25.3 Å². The topological polar surface area (TPSA) is 92.5 Å². The summed E-state index contributed by atoms with van der Waals surface area (Å²) in [5.41, 5.74) is 0.567. The van der Waals surface area contributed by atoms with Gasteiger partial charge in [-0.15, -0.1) is 0 Å². The van der Waals surface area contributed by atoms with Gasteiger partial charge in [-0.3, -0.25) is 10.1 Å². The number of para-hydroxylation sites is 1. The first-order valence-corrected chi connectivity index (χ1v) is 7.03. The molecule has 3 amide bonds. The van der Waals surface area contributed by atoms with Gasteiger partial charge in [0.1, 0.15) is 5.75 Å². The van der Waals surface area contributed by atoms with Gasteiger partial charge in [0.25, 0.3) is 0 Å². The summed E-state index contributed by atoms with van der Waals surface area (Å²) in [7, 11) is 0. The number of amidine groups is 2. The van der Waals surface area contributed by atoms with Gasteiger partial charge in [-0.2, -0.15) is 9.98 Å². The Morgan fingerprint density at radius 2 is 1.95 bits per heavy atom. The SMILES string of the molecule is CCCCOc1ccccc1C1=NC(=O)C2=NC(=O)NC2=N1. The lowest BCUT2D eigenvalue weighted by atomic mass is 10.1. The highest BCUT2D eigenvalue weighted by molar-refractivity contribution is 6.72. The van der Waals surface area contributed by atoms with Crippen molar-refractivity contribution in [2.75, 3.05) is 6.61 Å². The Kier molecular flexibility index (Phi) is 3.78. The maximum absolute atomic E-state index is 11.9. The molecular formula is C15H14N4O3. The molecule has 7 heteroatoms. The summed E-state index contributed by atoms with van der Waals surface area (Å²) in [5, 5.41) is 2.42. The molecule has 0 atom stereocenters. The number of nitrogens with one attached hydrogen (secondary N) is 1. The van der Waals surface area contributed by atoms with Crippen LogP contribution in [-0.4, -0.2) is 35.9 Å². The Hall–Kier alpha value is -2.83. The molecule has 22 heavy (non-hydrogen) atoms. The predicted molar refractivity (Wildman–Crippen MR) is 81.8 cm³/mol. The molecule has 0 fully saturated rings. The largest absolute Gasteiger partial charge is 0.493 e. The van der Waals surface area contributed by atoms with Crippen molar-refractivity contribution in [3.63, 3.8) is 0 Å². The van der Waals surface area contributed by atoms with E-state index in [0.717, 1.165) is 12.8 Å². The van der Waals surface area contributed by atoms with E-state index in [1.165, 1.54) is 0 Å². The first-order chi connectivity index (χ1) is 10.7. The van der Waals surface area contributed by atoms with Crippen molar-refractivity contribution in [3.05, 3.63) is 29.8 Å². The van der Waals surface area contributed by atoms with Crippen molar-refractivity contribution in [2.45, 2.75) is 19.8 Å². The zero-order chi connectivity index (χ0) is 15.5. The molecule has 1 aromatic rings. The lowest BCUT2D eigenvalue weighted by molar-refractivity contribution is -0.111. The summed E-state index contributed by atoms with van der Waals surface area (Å²) in [4.78, 5) is 34.8. The lowest BCUT2D eigenvalue weighted by Crippen LogP contribution is -2.34. The third-order valence-corrected chi connectivity index (χ3v) is 3.17. The van der Waals surface area contributed by atoms with Crippen LogP contribution in [0.3, 0.4) is 0 Å². The highest BCUT2D eigenvalue weighted by Crippen LogP contribution is 2.21. The van der Waals surface area contributed by atoms with Gasteiger partial charge in [-0.1, -0.05) is 25.5 Å². The molecule has 0 aliphatic carbocycles. The van der Waals surface area contributed by atoms with Crippen LogP contribution in [0.2, 0.25) is 0 Å². The third-order valence-electron chi connectivity index (χ3n) is 3.17. The normalized spacial score (nSPS) is 16.5. The number of nitrogens with zero attached hydrogens (tertiary/aromatic N) is 3. The number of fused-ring (bicyclic) bond motifs is 1. The number of urea groups is 1. The maximum Gasteiger partial charge on any atom is 0.347 e. The number of unbranched alkanes of at least 4 members (excludes halogenated alkanes) is 1. The summed E-state index contributed by atoms with van der Waals surface area (Å²) in [6.07, 6.45) is 1.96. The summed E-state index contributed by atoms with van der Waals surface area (Å²) in [6.45, 7) is 2.66. The number of amides is 3. The monoisotopic (exact) mass is 298 g/mol. The van der Waals surface area contributed by atoms with Crippen molar-refractivity contribution < 1.29 is 14.3 Å². The van der Waals surface area contributed by atoms with Gasteiger partial charge in [0.15, 0.2) is 17.4 Å². The van der Waals surface area contributed by atoms with Crippen molar-refractivity contribution in [1.82, 2.24) is 5.32 Å². The van der Waals surface area contributed by atoms with E-state index in [4.69, 9.17) is 4.74 Å². The molecule has 1 aromatic carbocycles. The summed E-state index contributed by atoms with van der Waals surface area (Å²) in [5.74, 6) is 0.384. The van der Waals surface area contributed by atoms with E-state index in [2.05, 4.69) is 27.2 Å². The van der Waals surface area contributed by atoms with Crippen molar-refractivity contribution in [1.29, 1.82) is 0 Å². The second-order valence-corrected chi connectivity index (χ2v) is 4.79.